The lowest BCUT2D eigenvalue weighted by molar-refractivity contribution is -0.130. The second-order valence-corrected chi connectivity index (χ2v) is 7.91. The molecule has 0 aromatic carbocycles. The van der Waals surface area contributed by atoms with E-state index in [9.17, 15) is 4.79 Å². The SMILES string of the molecule is CCC1NC(c2cccs2)N(CC2CCCCS2)C1=O. The molecule has 2 aliphatic heterocycles. The Morgan fingerprint density at radius 2 is 2.35 bits per heavy atom. The van der Waals surface area contributed by atoms with Gasteiger partial charge in [0.05, 0.1) is 6.04 Å². The molecule has 3 atom stereocenters. The summed E-state index contributed by atoms with van der Waals surface area (Å²) < 4.78 is 0. The van der Waals surface area contributed by atoms with Gasteiger partial charge < -0.3 is 4.90 Å². The Morgan fingerprint density at radius 3 is 3.00 bits per heavy atom. The third-order valence-electron chi connectivity index (χ3n) is 4.15. The highest BCUT2D eigenvalue weighted by Crippen LogP contribution is 2.33. The average molecular weight is 310 g/mol. The largest absolute Gasteiger partial charge is 0.320 e. The molecule has 110 valence electrons. The van der Waals surface area contributed by atoms with Crippen molar-refractivity contribution in [2.45, 2.75) is 50.1 Å². The lowest BCUT2D eigenvalue weighted by Gasteiger charge is -2.29. The molecule has 0 saturated carbocycles. The maximum atomic E-state index is 12.6. The fourth-order valence-corrected chi connectivity index (χ4v) is 5.12. The molecule has 0 spiro atoms. The Hall–Kier alpha value is -0.520. The van der Waals surface area contributed by atoms with Crippen LogP contribution in [0.15, 0.2) is 17.5 Å². The maximum Gasteiger partial charge on any atom is 0.241 e. The Morgan fingerprint density at radius 1 is 1.45 bits per heavy atom. The zero-order chi connectivity index (χ0) is 13.9. The number of carbonyl (C=O) groups excluding carboxylic acids is 1. The van der Waals surface area contributed by atoms with Gasteiger partial charge in [-0.3, -0.25) is 10.1 Å². The van der Waals surface area contributed by atoms with E-state index in [1.165, 1.54) is 29.9 Å². The van der Waals surface area contributed by atoms with E-state index >= 15 is 0 Å². The second kappa shape index (κ2) is 6.50. The minimum atomic E-state index is -0.00399. The van der Waals surface area contributed by atoms with Gasteiger partial charge in [0, 0.05) is 16.7 Å². The molecular weight excluding hydrogens is 288 g/mol. The number of thiophene rings is 1. The molecule has 1 N–H and O–H groups in total. The minimum absolute atomic E-state index is 0.00399. The number of thioether (sulfide) groups is 1. The first-order valence-corrected chi connectivity index (χ1v) is 9.44. The summed E-state index contributed by atoms with van der Waals surface area (Å²) in [4.78, 5) is 15.9. The summed E-state index contributed by atoms with van der Waals surface area (Å²) in [5.41, 5.74) is 0. The van der Waals surface area contributed by atoms with Gasteiger partial charge in [-0.1, -0.05) is 19.4 Å². The molecule has 2 aliphatic rings. The molecule has 5 heteroatoms. The van der Waals surface area contributed by atoms with Gasteiger partial charge >= 0.3 is 0 Å². The van der Waals surface area contributed by atoms with Gasteiger partial charge in [-0.2, -0.15) is 11.8 Å². The summed E-state index contributed by atoms with van der Waals surface area (Å²) in [5, 5.41) is 6.22. The Kier molecular flexibility index (Phi) is 4.68. The van der Waals surface area contributed by atoms with Gasteiger partial charge in [-0.25, -0.2) is 0 Å². The first-order valence-electron chi connectivity index (χ1n) is 7.51. The predicted octanol–water partition coefficient (Wildman–Crippen LogP) is 3.24. The van der Waals surface area contributed by atoms with Gasteiger partial charge in [0.2, 0.25) is 5.91 Å². The summed E-state index contributed by atoms with van der Waals surface area (Å²) in [6, 6.07) is 4.20. The van der Waals surface area contributed by atoms with Crippen molar-refractivity contribution in [3.63, 3.8) is 0 Å². The van der Waals surface area contributed by atoms with Gasteiger partial charge in [-0.05, 0) is 36.5 Å². The number of amides is 1. The molecule has 2 saturated heterocycles. The van der Waals surface area contributed by atoms with Crippen molar-refractivity contribution < 1.29 is 4.79 Å². The maximum absolute atomic E-state index is 12.6. The highest BCUT2D eigenvalue weighted by atomic mass is 32.2. The Balaban J connectivity index is 1.75. The van der Waals surface area contributed by atoms with Crippen molar-refractivity contribution in [2.75, 3.05) is 12.3 Å². The first kappa shape index (κ1) is 14.4. The summed E-state index contributed by atoms with van der Waals surface area (Å²) in [6.45, 7) is 2.98. The average Bonchev–Trinajstić information content (AvgIpc) is 3.10. The van der Waals surface area contributed by atoms with Gasteiger partial charge in [-0.15, -0.1) is 11.3 Å². The van der Waals surface area contributed by atoms with Gasteiger partial charge in [0.1, 0.15) is 6.17 Å². The first-order chi connectivity index (χ1) is 9.79. The van der Waals surface area contributed by atoms with E-state index in [-0.39, 0.29) is 18.1 Å². The number of hydrogen-bond donors (Lipinski definition) is 1. The third-order valence-corrected chi connectivity index (χ3v) is 6.45. The topological polar surface area (TPSA) is 32.3 Å². The number of carbonyl (C=O) groups is 1. The van der Waals surface area contributed by atoms with Gasteiger partial charge in [0.15, 0.2) is 0 Å². The standard InChI is InChI=1S/C15H22N2OS2/c1-2-12-15(18)17(10-11-6-3-4-8-19-11)14(16-12)13-7-5-9-20-13/h5,7,9,11-12,14,16H,2-4,6,8,10H2,1H3. The number of nitrogens with zero attached hydrogens (tertiary/aromatic N) is 1. The van der Waals surface area contributed by atoms with E-state index in [0.29, 0.717) is 5.25 Å². The molecule has 3 nitrogen and oxygen atoms in total. The molecule has 1 aromatic heterocycles. The molecular formula is C15H22N2OS2. The van der Waals surface area contributed by atoms with E-state index in [0.717, 1.165) is 13.0 Å². The molecule has 0 aliphatic carbocycles. The monoisotopic (exact) mass is 310 g/mol. The number of nitrogens with one attached hydrogen (secondary N) is 1. The quantitative estimate of drug-likeness (QED) is 0.926. The van der Waals surface area contributed by atoms with E-state index in [1.807, 2.05) is 11.8 Å². The summed E-state index contributed by atoms with van der Waals surface area (Å²) >= 11 is 3.78. The Bertz CT molecular complexity index is 443. The molecule has 3 rings (SSSR count). The second-order valence-electron chi connectivity index (χ2n) is 5.52. The van der Waals surface area contributed by atoms with Crippen molar-refractivity contribution >= 4 is 29.0 Å². The highest BCUT2D eigenvalue weighted by Gasteiger charge is 2.40. The third kappa shape index (κ3) is 2.90. The number of hydrogen-bond acceptors (Lipinski definition) is 4. The van der Waals surface area contributed by atoms with Crippen molar-refractivity contribution in [3.8, 4) is 0 Å². The molecule has 1 aromatic rings. The van der Waals surface area contributed by atoms with E-state index in [2.05, 4.69) is 34.7 Å². The predicted molar refractivity (Wildman–Crippen MR) is 86.1 cm³/mol. The van der Waals surface area contributed by atoms with Crippen LogP contribution in [0.25, 0.3) is 0 Å². The summed E-state index contributed by atoms with van der Waals surface area (Å²) in [6.07, 6.45) is 4.86. The lowest BCUT2D eigenvalue weighted by Crippen LogP contribution is -2.37. The zero-order valence-electron chi connectivity index (χ0n) is 11.9. The van der Waals surface area contributed by atoms with Crippen molar-refractivity contribution in [2.24, 2.45) is 0 Å². The number of rotatable bonds is 4. The minimum Gasteiger partial charge on any atom is -0.320 e. The van der Waals surface area contributed by atoms with Crippen LogP contribution in [0, 0.1) is 0 Å². The molecule has 2 fully saturated rings. The van der Waals surface area contributed by atoms with Crippen molar-refractivity contribution in [1.29, 1.82) is 0 Å². The van der Waals surface area contributed by atoms with E-state index in [1.54, 1.807) is 11.3 Å². The molecule has 1 amide bonds. The fraction of sp³-hybridized carbons (Fsp3) is 0.667. The van der Waals surface area contributed by atoms with E-state index in [4.69, 9.17) is 0 Å². The van der Waals surface area contributed by atoms with Crippen LogP contribution in [-0.4, -0.2) is 34.4 Å². The summed E-state index contributed by atoms with van der Waals surface area (Å²) in [7, 11) is 0. The van der Waals surface area contributed by atoms with Crippen LogP contribution in [0.3, 0.4) is 0 Å². The van der Waals surface area contributed by atoms with Crippen LogP contribution in [-0.2, 0) is 4.79 Å². The van der Waals surface area contributed by atoms with Crippen LogP contribution in [0.5, 0.6) is 0 Å². The fourth-order valence-electron chi connectivity index (χ4n) is 3.02. The molecule has 0 bridgehead atoms. The Labute approximate surface area is 129 Å². The molecule has 3 unspecified atom stereocenters. The van der Waals surface area contributed by atoms with Crippen LogP contribution in [0.2, 0.25) is 0 Å². The molecule has 20 heavy (non-hydrogen) atoms. The van der Waals surface area contributed by atoms with Crippen LogP contribution >= 0.6 is 23.1 Å². The van der Waals surface area contributed by atoms with Crippen LogP contribution in [0.1, 0.15) is 43.6 Å². The molecule has 3 heterocycles. The lowest BCUT2D eigenvalue weighted by atomic mass is 10.1. The van der Waals surface area contributed by atoms with Crippen LogP contribution in [0.4, 0.5) is 0 Å². The van der Waals surface area contributed by atoms with Crippen LogP contribution < -0.4 is 5.32 Å². The van der Waals surface area contributed by atoms with Gasteiger partial charge in [0.25, 0.3) is 0 Å². The van der Waals surface area contributed by atoms with Crippen molar-refractivity contribution in [3.05, 3.63) is 22.4 Å². The van der Waals surface area contributed by atoms with Crippen molar-refractivity contribution in [1.82, 2.24) is 10.2 Å². The summed E-state index contributed by atoms with van der Waals surface area (Å²) in [5.74, 6) is 1.54. The molecule has 0 radical (unpaired) electrons. The normalized spacial score (nSPS) is 30.9. The highest BCUT2D eigenvalue weighted by molar-refractivity contribution is 7.99. The van der Waals surface area contributed by atoms with E-state index < -0.39 is 0 Å². The smallest absolute Gasteiger partial charge is 0.241 e. The zero-order valence-corrected chi connectivity index (χ0v) is 13.5.